The average molecular weight is 383 g/mol. The summed E-state index contributed by atoms with van der Waals surface area (Å²) in [5.74, 6) is -0.486. The summed E-state index contributed by atoms with van der Waals surface area (Å²) < 4.78 is 13.3. The quantitative estimate of drug-likeness (QED) is 0.823. The van der Waals surface area contributed by atoms with E-state index in [2.05, 4.69) is 10.6 Å². The summed E-state index contributed by atoms with van der Waals surface area (Å²) >= 11 is 0. The Bertz CT molecular complexity index is 853. The number of amides is 3. The van der Waals surface area contributed by atoms with Crippen LogP contribution in [0.1, 0.15) is 48.5 Å². The third-order valence-electron chi connectivity index (χ3n) is 4.82. The molecule has 0 saturated carbocycles. The Kier molecular flexibility index (Phi) is 6.29. The average Bonchev–Trinajstić information content (AvgIpc) is 2.68. The summed E-state index contributed by atoms with van der Waals surface area (Å²) in [4.78, 5) is 26.7. The molecule has 5 nitrogen and oxygen atoms in total. The lowest BCUT2D eigenvalue weighted by molar-refractivity contribution is 0.102. The molecule has 0 aliphatic carbocycles. The molecule has 0 radical (unpaired) electrons. The zero-order valence-corrected chi connectivity index (χ0v) is 16.2. The Balaban J connectivity index is 1.70. The fourth-order valence-electron chi connectivity index (χ4n) is 3.48. The van der Waals surface area contributed by atoms with Gasteiger partial charge in [0.1, 0.15) is 5.82 Å². The van der Waals surface area contributed by atoms with E-state index in [1.807, 2.05) is 36.9 Å². The highest BCUT2D eigenvalue weighted by atomic mass is 19.1. The van der Waals surface area contributed by atoms with Crippen molar-refractivity contribution in [3.05, 3.63) is 65.5 Å². The number of nitrogens with one attached hydrogen (secondary N) is 2. The second kappa shape index (κ2) is 8.87. The Morgan fingerprint density at radius 2 is 1.93 bits per heavy atom. The molecule has 3 amide bonds. The third-order valence-corrected chi connectivity index (χ3v) is 4.82. The zero-order chi connectivity index (χ0) is 20.1. The van der Waals surface area contributed by atoms with E-state index in [1.165, 1.54) is 12.1 Å². The molecule has 2 aromatic rings. The van der Waals surface area contributed by atoms with Crippen LogP contribution in [-0.2, 0) is 0 Å². The van der Waals surface area contributed by atoms with Crippen molar-refractivity contribution in [1.29, 1.82) is 0 Å². The lowest BCUT2D eigenvalue weighted by Gasteiger charge is -2.33. The number of halogens is 1. The summed E-state index contributed by atoms with van der Waals surface area (Å²) in [7, 11) is 0. The van der Waals surface area contributed by atoms with Gasteiger partial charge in [0.2, 0.25) is 0 Å². The first kappa shape index (κ1) is 19.9. The van der Waals surface area contributed by atoms with Crippen LogP contribution < -0.4 is 10.6 Å². The van der Waals surface area contributed by atoms with Gasteiger partial charge >= 0.3 is 6.03 Å². The van der Waals surface area contributed by atoms with E-state index in [9.17, 15) is 14.0 Å². The van der Waals surface area contributed by atoms with Crippen molar-refractivity contribution in [2.75, 3.05) is 18.4 Å². The fraction of sp³-hybridized carbons (Fsp3) is 0.364. The van der Waals surface area contributed by atoms with Gasteiger partial charge in [-0.25, -0.2) is 9.18 Å². The predicted octanol–water partition coefficient (Wildman–Crippen LogP) is 4.38. The molecule has 3 rings (SSSR count). The van der Waals surface area contributed by atoms with Crippen molar-refractivity contribution in [2.45, 2.75) is 38.6 Å². The van der Waals surface area contributed by atoms with Crippen LogP contribution in [0.4, 0.5) is 14.9 Å². The molecule has 1 atom stereocenters. The van der Waals surface area contributed by atoms with Crippen LogP contribution in [0, 0.1) is 5.82 Å². The number of nitrogens with zero attached hydrogens (tertiary/aromatic N) is 1. The first-order chi connectivity index (χ1) is 13.4. The van der Waals surface area contributed by atoms with Crippen molar-refractivity contribution in [2.24, 2.45) is 0 Å². The molecule has 2 aromatic carbocycles. The van der Waals surface area contributed by atoms with Crippen LogP contribution in [0.2, 0.25) is 0 Å². The summed E-state index contributed by atoms with van der Waals surface area (Å²) in [6, 6.07) is 13.3. The maximum atomic E-state index is 13.3. The number of benzene rings is 2. The first-order valence-corrected chi connectivity index (χ1v) is 9.64. The number of rotatable bonds is 4. The highest BCUT2D eigenvalue weighted by molar-refractivity contribution is 6.04. The van der Waals surface area contributed by atoms with Gasteiger partial charge in [-0.1, -0.05) is 18.2 Å². The molecule has 1 heterocycles. The van der Waals surface area contributed by atoms with Gasteiger partial charge in [-0.2, -0.15) is 0 Å². The molecule has 1 saturated heterocycles. The molecule has 1 aliphatic heterocycles. The summed E-state index contributed by atoms with van der Waals surface area (Å²) in [6.45, 7) is 5.27. The van der Waals surface area contributed by atoms with Crippen LogP contribution in [-0.4, -0.2) is 36.0 Å². The van der Waals surface area contributed by atoms with E-state index < -0.39 is 5.82 Å². The predicted molar refractivity (Wildman–Crippen MR) is 108 cm³/mol. The number of likely N-dealkylation sites (tertiary alicyclic amines) is 1. The molecule has 0 aromatic heterocycles. The van der Waals surface area contributed by atoms with Gasteiger partial charge in [-0.15, -0.1) is 0 Å². The SMILES string of the molecule is CC(C)NC(=O)N1CCC[C@H](c2cccc(C(=O)Nc3cccc(F)c3)c2)C1. The highest BCUT2D eigenvalue weighted by Gasteiger charge is 2.25. The molecule has 6 heteroatoms. The smallest absolute Gasteiger partial charge is 0.317 e. The van der Waals surface area contributed by atoms with Crippen LogP contribution in [0.15, 0.2) is 48.5 Å². The van der Waals surface area contributed by atoms with Crippen molar-refractivity contribution in [3.63, 3.8) is 0 Å². The van der Waals surface area contributed by atoms with Gasteiger partial charge in [0.25, 0.3) is 5.91 Å². The molecule has 2 N–H and O–H groups in total. The Hall–Kier alpha value is -2.89. The summed E-state index contributed by atoms with van der Waals surface area (Å²) in [5, 5.41) is 5.66. The topological polar surface area (TPSA) is 61.4 Å². The molecular weight excluding hydrogens is 357 g/mol. The van der Waals surface area contributed by atoms with E-state index in [1.54, 1.807) is 18.2 Å². The fourth-order valence-corrected chi connectivity index (χ4v) is 3.48. The zero-order valence-electron chi connectivity index (χ0n) is 16.2. The van der Waals surface area contributed by atoms with Gasteiger partial charge in [0, 0.05) is 36.3 Å². The van der Waals surface area contributed by atoms with Gasteiger partial charge < -0.3 is 15.5 Å². The Labute approximate surface area is 164 Å². The van der Waals surface area contributed by atoms with E-state index in [0.717, 1.165) is 24.9 Å². The number of hydrogen-bond acceptors (Lipinski definition) is 2. The molecule has 148 valence electrons. The number of carbonyl (C=O) groups excluding carboxylic acids is 2. The minimum absolute atomic E-state index is 0.0419. The number of urea groups is 1. The van der Waals surface area contributed by atoms with Crippen molar-refractivity contribution < 1.29 is 14.0 Å². The molecule has 0 bridgehead atoms. The number of carbonyl (C=O) groups is 2. The Morgan fingerprint density at radius 3 is 2.68 bits per heavy atom. The maximum absolute atomic E-state index is 13.3. The van der Waals surface area contributed by atoms with Gasteiger partial charge in [-0.05, 0) is 62.6 Å². The normalized spacial score (nSPS) is 16.7. The van der Waals surface area contributed by atoms with Crippen molar-refractivity contribution in [3.8, 4) is 0 Å². The second-order valence-electron chi connectivity index (χ2n) is 7.48. The number of hydrogen-bond donors (Lipinski definition) is 2. The standard InChI is InChI=1S/C22H26FN3O2/c1-15(2)24-22(28)26-11-5-8-18(14-26)16-6-3-7-17(12-16)21(27)25-20-10-4-9-19(23)13-20/h3-4,6-7,9-10,12-13,15,18H,5,8,11,14H2,1-2H3,(H,24,28)(H,25,27)/t18-/m0/s1. The van der Waals surface area contributed by atoms with Gasteiger partial charge in [-0.3, -0.25) is 4.79 Å². The van der Waals surface area contributed by atoms with Crippen LogP contribution >= 0.6 is 0 Å². The van der Waals surface area contributed by atoms with E-state index in [-0.39, 0.29) is 23.9 Å². The lowest BCUT2D eigenvalue weighted by Crippen LogP contribution is -2.47. The van der Waals surface area contributed by atoms with Gasteiger partial charge in [0.15, 0.2) is 0 Å². The minimum atomic E-state index is -0.395. The number of piperidine rings is 1. The monoisotopic (exact) mass is 383 g/mol. The molecule has 1 aliphatic rings. The highest BCUT2D eigenvalue weighted by Crippen LogP contribution is 2.27. The van der Waals surface area contributed by atoms with E-state index in [0.29, 0.717) is 17.8 Å². The second-order valence-corrected chi connectivity index (χ2v) is 7.48. The third kappa shape index (κ3) is 5.09. The van der Waals surface area contributed by atoms with Crippen molar-refractivity contribution in [1.82, 2.24) is 10.2 Å². The molecule has 1 fully saturated rings. The maximum Gasteiger partial charge on any atom is 0.317 e. The summed E-state index contributed by atoms with van der Waals surface area (Å²) in [6.07, 6.45) is 1.90. The number of anilines is 1. The van der Waals surface area contributed by atoms with Crippen LogP contribution in [0.25, 0.3) is 0 Å². The molecule has 28 heavy (non-hydrogen) atoms. The van der Waals surface area contributed by atoms with E-state index >= 15 is 0 Å². The first-order valence-electron chi connectivity index (χ1n) is 9.64. The summed E-state index contributed by atoms with van der Waals surface area (Å²) in [5.41, 5.74) is 1.98. The van der Waals surface area contributed by atoms with Crippen LogP contribution in [0.5, 0.6) is 0 Å². The largest absolute Gasteiger partial charge is 0.336 e. The van der Waals surface area contributed by atoms with Crippen LogP contribution in [0.3, 0.4) is 0 Å². The molecule has 0 unspecified atom stereocenters. The Morgan fingerprint density at radius 1 is 1.14 bits per heavy atom. The van der Waals surface area contributed by atoms with Crippen molar-refractivity contribution >= 4 is 17.6 Å². The minimum Gasteiger partial charge on any atom is -0.336 e. The molecular formula is C22H26FN3O2. The lowest BCUT2D eigenvalue weighted by atomic mass is 9.89. The molecule has 0 spiro atoms. The van der Waals surface area contributed by atoms with E-state index in [4.69, 9.17) is 0 Å². The van der Waals surface area contributed by atoms with Gasteiger partial charge in [0.05, 0.1) is 0 Å².